The zero-order chi connectivity index (χ0) is 12.9. The molecule has 0 nitrogen and oxygen atoms in total. The Hall–Kier alpha value is -1.04. The van der Waals surface area contributed by atoms with Crippen molar-refractivity contribution in [2.75, 3.05) is 0 Å². The van der Waals surface area contributed by atoms with E-state index in [1.807, 2.05) is 0 Å². The number of allylic oxidation sites excluding steroid dienone is 8. The summed E-state index contributed by atoms with van der Waals surface area (Å²) >= 11 is 0. The molecule has 0 heterocycles. The van der Waals surface area contributed by atoms with Gasteiger partial charge >= 0.3 is 0 Å². The molecule has 102 valence electrons. The van der Waals surface area contributed by atoms with Gasteiger partial charge in [-0.2, -0.15) is 0 Å². The van der Waals surface area contributed by atoms with Gasteiger partial charge in [0.2, 0.25) is 0 Å². The molecule has 0 N–H and O–H groups in total. The fourth-order valence-electron chi connectivity index (χ4n) is 3.81. The minimum absolute atomic E-state index is 0.751. The molecule has 0 aromatic rings. The molecule has 19 heavy (non-hydrogen) atoms. The van der Waals surface area contributed by atoms with Crippen molar-refractivity contribution in [2.45, 2.75) is 64.2 Å². The lowest BCUT2D eigenvalue weighted by Crippen LogP contribution is -2.12. The molecule has 0 bridgehead atoms. The highest BCUT2D eigenvalue weighted by Crippen LogP contribution is 2.39. The molecule has 0 fully saturated rings. The summed E-state index contributed by atoms with van der Waals surface area (Å²) in [6.45, 7) is 0. The lowest BCUT2D eigenvalue weighted by Gasteiger charge is -2.27. The minimum atomic E-state index is 0.751. The van der Waals surface area contributed by atoms with Crippen LogP contribution in [-0.4, -0.2) is 0 Å². The summed E-state index contributed by atoms with van der Waals surface area (Å²) in [7, 11) is 0. The molecule has 3 rings (SSSR count). The summed E-state index contributed by atoms with van der Waals surface area (Å²) < 4.78 is 0. The largest absolute Gasteiger partial charge is 0.0847 e. The van der Waals surface area contributed by atoms with Crippen molar-refractivity contribution in [2.24, 2.45) is 5.92 Å². The van der Waals surface area contributed by atoms with E-state index in [2.05, 4.69) is 30.4 Å². The normalized spacial score (nSPS) is 28.2. The molecule has 0 radical (unpaired) electrons. The van der Waals surface area contributed by atoms with Gasteiger partial charge in [0, 0.05) is 5.92 Å². The van der Waals surface area contributed by atoms with Crippen LogP contribution >= 0.6 is 0 Å². The van der Waals surface area contributed by atoms with Crippen LogP contribution in [0.1, 0.15) is 64.2 Å². The van der Waals surface area contributed by atoms with Crippen LogP contribution < -0.4 is 0 Å². The molecule has 0 spiro atoms. The van der Waals surface area contributed by atoms with Crippen molar-refractivity contribution < 1.29 is 0 Å². The molecular formula is C19H26. The van der Waals surface area contributed by atoms with Crippen LogP contribution in [-0.2, 0) is 0 Å². The second-order valence-corrected chi connectivity index (χ2v) is 6.18. The zero-order valence-corrected chi connectivity index (χ0v) is 12.0. The quantitative estimate of drug-likeness (QED) is 0.540. The fraction of sp³-hybridized carbons (Fsp3) is 0.579. The highest BCUT2D eigenvalue weighted by Gasteiger charge is 2.23. The van der Waals surface area contributed by atoms with E-state index in [0.717, 1.165) is 5.92 Å². The Bertz CT molecular complexity index is 431. The van der Waals surface area contributed by atoms with E-state index >= 15 is 0 Å². The Kier molecular flexibility index (Phi) is 4.37. The topological polar surface area (TPSA) is 0 Å². The average Bonchev–Trinajstić information content (AvgIpc) is 2.75. The van der Waals surface area contributed by atoms with Gasteiger partial charge in [-0.15, -0.1) is 0 Å². The monoisotopic (exact) mass is 254 g/mol. The van der Waals surface area contributed by atoms with E-state index in [0.29, 0.717) is 0 Å². The van der Waals surface area contributed by atoms with Crippen LogP contribution in [0.3, 0.4) is 0 Å². The molecule has 1 atom stereocenters. The van der Waals surface area contributed by atoms with Gasteiger partial charge in [0.05, 0.1) is 0 Å². The highest BCUT2D eigenvalue weighted by molar-refractivity contribution is 5.42. The fourth-order valence-corrected chi connectivity index (χ4v) is 3.81. The van der Waals surface area contributed by atoms with Gasteiger partial charge in [-0.05, 0) is 68.9 Å². The molecule has 0 saturated heterocycles. The Morgan fingerprint density at radius 2 is 1.74 bits per heavy atom. The van der Waals surface area contributed by atoms with E-state index in [4.69, 9.17) is 0 Å². The van der Waals surface area contributed by atoms with Crippen molar-refractivity contribution >= 4 is 0 Å². The van der Waals surface area contributed by atoms with Gasteiger partial charge < -0.3 is 0 Å². The van der Waals surface area contributed by atoms with Crippen LogP contribution in [0.5, 0.6) is 0 Å². The van der Waals surface area contributed by atoms with Gasteiger partial charge in [0.1, 0.15) is 0 Å². The second kappa shape index (κ2) is 6.41. The van der Waals surface area contributed by atoms with Crippen LogP contribution in [0.25, 0.3) is 0 Å². The number of hydrogen-bond donors (Lipinski definition) is 0. The Balaban J connectivity index is 1.87. The third-order valence-electron chi connectivity index (χ3n) is 4.84. The molecule has 0 heteroatoms. The van der Waals surface area contributed by atoms with Gasteiger partial charge in [-0.25, -0.2) is 0 Å². The first-order valence-electron chi connectivity index (χ1n) is 8.20. The van der Waals surface area contributed by atoms with Crippen molar-refractivity contribution in [3.63, 3.8) is 0 Å². The third kappa shape index (κ3) is 3.11. The summed E-state index contributed by atoms with van der Waals surface area (Å²) in [5, 5.41) is 0. The third-order valence-corrected chi connectivity index (χ3v) is 4.84. The van der Waals surface area contributed by atoms with Gasteiger partial charge in [0.15, 0.2) is 0 Å². The van der Waals surface area contributed by atoms with E-state index in [1.165, 1.54) is 64.2 Å². The lowest BCUT2D eigenvalue weighted by molar-refractivity contribution is 0.554. The number of hydrogen-bond acceptors (Lipinski definition) is 0. The minimum Gasteiger partial charge on any atom is -0.0847 e. The standard InChI is InChI=1S/C19H26/c1-4-10-16(11-5-1)18-14-8-3-9-15-19(18)17-12-6-2-7-13-17/h1,4,10,12,14,19H,2-3,5-9,11,13,15H2. The molecule has 0 aliphatic heterocycles. The Labute approximate surface area is 118 Å². The summed E-state index contributed by atoms with van der Waals surface area (Å²) in [4.78, 5) is 0. The molecule has 3 aliphatic carbocycles. The molecule has 0 aromatic carbocycles. The van der Waals surface area contributed by atoms with Gasteiger partial charge in [-0.3, -0.25) is 0 Å². The summed E-state index contributed by atoms with van der Waals surface area (Å²) in [5.74, 6) is 0.751. The summed E-state index contributed by atoms with van der Waals surface area (Å²) in [5.41, 5.74) is 5.07. The van der Waals surface area contributed by atoms with Crippen molar-refractivity contribution in [1.82, 2.24) is 0 Å². The second-order valence-electron chi connectivity index (χ2n) is 6.18. The summed E-state index contributed by atoms with van der Waals surface area (Å²) in [6, 6.07) is 0. The maximum Gasteiger partial charge on any atom is 0.00477 e. The maximum atomic E-state index is 2.57. The van der Waals surface area contributed by atoms with Gasteiger partial charge in [0.25, 0.3) is 0 Å². The van der Waals surface area contributed by atoms with Crippen molar-refractivity contribution in [3.05, 3.63) is 47.1 Å². The maximum absolute atomic E-state index is 2.57. The SMILES string of the molecule is C1=CCCC(C2=CCCCCC2C2=CCCCC2)=C1. The van der Waals surface area contributed by atoms with Gasteiger partial charge in [-0.1, -0.05) is 42.4 Å². The van der Waals surface area contributed by atoms with Crippen LogP contribution in [0.15, 0.2) is 47.1 Å². The molecule has 0 saturated carbocycles. The van der Waals surface area contributed by atoms with E-state index in [1.54, 1.807) is 16.7 Å². The van der Waals surface area contributed by atoms with Crippen molar-refractivity contribution in [1.29, 1.82) is 0 Å². The predicted molar refractivity (Wildman–Crippen MR) is 83.0 cm³/mol. The van der Waals surface area contributed by atoms with E-state index in [-0.39, 0.29) is 0 Å². The van der Waals surface area contributed by atoms with Crippen molar-refractivity contribution in [3.8, 4) is 0 Å². The Morgan fingerprint density at radius 3 is 2.53 bits per heavy atom. The first kappa shape index (κ1) is 13.0. The molecule has 3 aliphatic rings. The molecule has 1 unspecified atom stereocenters. The molecule has 0 amide bonds. The van der Waals surface area contributed by atoms with Crippen LogP contribution in [0, 0.1) is 5.92 Å². The number of rotatable bonds is 2. The molecule has 0 aromatic heterocycles. The smallest absolute Gasteiger partial charge is 0.00477 e. The highest BCUT2D eigenvalue weighted by atomic mass is 14.3. The predicted octanol–water partition coefficient (Wildman–Crippen LogP) is 5.88. The average molecular weight is 254 g/mol. The van der Waals surface area contributed by atoms with E-state index in [9.17, 15) is 0 Å². The first-order chi connectivity index (χ1) is 9.45. The van der Waals surface area contributed by atoms with E-state index < -0.39 is 0 Å². The summed E-state index contributed by atoms with van der Waals surface area (Å²) in [6.07, 6.45) is 25.5. The van der Waals surface area contributed by atoms with Crippen LogP contribution in [0.4, 0.5) is 0 Å². The zero-order valence-electron chi connectivity index (χ0n) is 12.0. The molecular weight excluding hydrogens is 228 g/mol. The Morgan fingerprint density at radius 1 is 0.842 bits per heavy atom. The van der Waals surface area contributed by atoms with Crippen LogP contribution in [0.2, 0.25) is 0 Å². The first-order valence-corrected chi connectivity index (χ1v) is 8.20. The lowest BCUT2D eigenvalue weighted by atomic mass is 9.78.